The molecule has 0 amide bonds. The summed E-state index contributed by atoms with van der Waals surface area (Å²) in [5.41, 5.74) is -2.25. The van der Waals surface area contributed by atoms with Gasteiger partial charge in [-0.25, -0.2) is 0 Å². The first kappa shape index (κ1) is 25.0. The Morgan fingerprint density at radius 1 is 1.15 bits per heavy atom. The molecule has 0 radical (unpaired) electrons. The molecule has 5 unspecified atom stereocenters. The molecule has 8 nitrogen and oxygen atoms in total. The minimum absolute atomic E-state index is 0.0489. The number of carbonyl (C=O) groups excluding carboxylic acids is 4. The van der Waals surface area contributed by atoms with E-state index in [4.69, 9.17) is 18.9 Å². The third-order valence-corrected chi connectivity index (χ3v) is 8.86. The highest BCUT2D eigenvalue weighted by Crippen LogP contribution is 2.63. The number of fused-ring (bicyclic) bond motifs is 1. The number of ether oxygens (including phenoxy) is 4. The lowest BCUT2D eigenvalue weighted by Crippen LogP contribution is -2.46. The van der Waals surface area contributed by atoms with E-state index in [1.54, 1.807) is 0 Å². The van der Waals surface area contributed by atoms with Crippen molar-refractivity contribution in [3.05, 3.63) is 0 Å². The highest BCUT2D eigenvalue weighted by atomic mass is 16.6. The number of carbonyl (C=O) groups is 4. The molecule has 1 aliphatic heterocycles. The molecule has 5 atom stereocenters. The van der Waals surface area contributed by atoms with Gasteiger partial charge in [-0.1, -0.05) is 13.8 Å². The van der Waals surface area contributed by atoms with Gasteiger partial charge in [-0.05, 0) is 71.6 Å². The molecule has 4 rings (SSSR count). The van der Waals surface area contributed by atoms with Gasteiger partial charge in [-0.2, -0.15) is 0 Å². The molecule has 8 heteroatoms. The van der Waals surface area contributed by atoms with Crippen molar-refractivity contribution in [2.75, 3.05) is 6.61 Å². The monoisotopic (exact) mass is 478 g/mol. The van der Waals surface area contributed by atoms with E-state index >= 15 is 0 Å². The first-order chi connectivity index (χ1) is 16.1. The smallest absolute Gasteiger partial charge is 0.324 e. The summed E-state index contributed by atoms with van der Waals surface area (Å²) >= 11 is 0. The average Bonchev–Trinajstić information content (AvgIpc) is 3.54. The lowest BCUT2D eigenvalue weighted by molar-refractivity contribution is -0.170. The van der Waals surface area contributed by atoms with Crippen molar-refractivity contribution in [3.63, 3.8) is 0 Å². The summed E-state index contributed by atoms with van der Waals surface area (Å²) in [5, 5.41) is 0. The summed E-state index contributed by atoms with van der Waals surface area (Å²) in [5.74, 6) is -2.17. The van der Waals surface area contributed by atoms with Gasteiger partial charge in [0.1, 0.15) is 17.8 Å². The van der Waals surface area contributed by atoms with Crippen LogP contribution >= 0.6 is 0 Å². The van der Waals surface area contributed by atoms with Gasteiger partial charge in [0.15, 0.2) is 5.41 Å². The van der Waals surface area contributed by atoms with E-state index in [0.29, 0.717) is 19.3 Å². The van der Waals surface area contributed by atoms with E-state index < -0.39 is 35.0 Å². The normalized spacial score (nSPS) is 33.0. The van der Waals surface area contributed by atoms with Gasteiger partial charge in [0.2, 0.25) is 0 Å². The van der Waals surface area contributed by atoms with Crippen molar-refractivity contribution in [3.8, 4) is 0 Å². The highest BCUT2D eigenvalue weighted by Gasteiger charge is 2.75. The van der Waals surface area contributed by atoms with Crippen LogP contribution in [0.1, 0.15) is 91.9 Å². The molecule has 4 aliphatic rings. The van der Waals surface area contributed by atoms with Crippen LogP contribution in [-0.4, -0.2) is 48.3 Å². The topological polar surface area (TPSA) is 105 Å². The molecule has 0 N–H and O–H groups in total. The minimum atomic E-state index is -1.31. The molecule has 0 spiro atoms. The van der Waals surface area contributed by atoms with E-state index in [9.17, 15) is 19.2 Å². The first-order valence-electron chi connectivity index (χ1n) is 12.9. The summed E-state index contributed by atoms with van der Waals surface area (Å²) in [6, 6.07) is 0. The largest absolute Gasteiger partial charge is 0.465 e. The number of hydrogen-bond donors (Lipinski definition) is 0. The Bertz CT molecular complexity index is 842. The minimum Gasteiger partial charge on any atom is -0.465 e. The third kappa shape index (κ3) is 4.11. The molecule has 190 valence electrons. The maximum absolute atomic E-state index is 13.0. The standard InChI is InChI=1S/C26H38O8/c1-5-24(3,4)21(28)32-19-16-14-17-20(19)33-23(30)26(17,15-16)22(29)31-13-9-10-18(27)34-25(6-2)11-7-8-12-25/h16-17,19-20H,5-15H2,1-4H3. The molecule has 3 saturated carbocycles. The summed E-state index contributed by atoms with van der Waals surface area (Å²) in [6.07, 6.45) is 5.72. The molecule has 1 saturated heterocycles. The van der Waals surface area contributed by atoms with Gasteiger partial charge < -0.3 is 18.9 Å². The molecular weight excluding hydrogens is 440 g/mol. The van der Waals surface area contributed by atoms with Crippen LogP contribution in [0.2, 0.25) is 0 Å². The third-order valence-electron chi connectivity index (χ3n) is 8.86. The zero-order valence-corrected chi connectivity index (χ0v) is 20.9. The second kappa shape index (κ2) is 9.15. The first-order valence-corrected chi connectivity index (χ1v) is 12.9. The Kier molecular flexibility index (Phi) is 6.73. The zero-order valence-electron chi connectivity index (χ0n) is 20.9. The summed E-state index contributed by atoms with van der Waals surface area (Å²) in [7, 11) is 0. The van der Waals surface area contributed by atoms with Crippen LogP contribution in [0.4, 0.5) is 0 Å². The molecule has 3 aliphatic carbocycles. The van der Waals surface area contributed by atoms with Crippen LogP contribution in [0.5, 0.6) is 0 Å². The lowest BCUT2D eigenvalue weighted by Gasteiger charge is -2.32. The Labute approximate surface area is 201 Å². The Balaban J connectivity index is 1.28. The van der Waals surface area contributed by atoms with E-state index in [0.717, 1.165) is 32.1 Å². The predicted octanol–water partition coefficient (Wildman–Crippen LogP) is 3.88. The fourth-order valence-electron chi connectivity index (χ4n) is 6.21. The average molecular weight is 479 g/mol. The SMILES string of the molecule is CCC1(OC(=O)CCCOC(=O)C23CC4CC2C(OC3=O)C4OC(=O)C(C)(C)CC)CCCC1. The quantitative estimate of drug-likeness (QED) is 0.202. The summed E-state index contributed by atoms with van der Waals surface area (Å²) < 4.78 is 22.6. The molecule has 4 fully saturated rings. The van der Waals surface area contributed by atoms with E-state index in [1.807, 2.05) is 27.7 Å². The molecule has 0 aromatic rings. The molecule has 2 bridgehead atoms. The number of rotatable bonds is 10. The Hall–Kier alpha value is -2.12. The highest BCUT2D eigenvalue weighted by molar-refractivity contribution is 6.03. The van der Waals surface area contributed by atoms with E-state index in [2.05, 4.69) is 0 Å². The fourth-order valence-corrected chi connectivity index (χ4v) is 6.21. The number of esters is 4. The van der Waals surface area contributed by atoms with Crippen LogP contribution < -0.4 is 0 Å². The van der Waals surface area contributed by atoms with Crippen molar-refractivity contribution in [1.29, 1.82) is 0 Å². The number of hydrogen-bond acceptors (Lipinski definition) is 8. The second-order valence-electron chi connectivity index (χ2n) is 11.2. The van der Waals surface area contributed by atoms with Crippen molar-refractivity contribution < 1.29 is 38.1 Å². The van der Waals surface area contributed by atoms with E-state index in [1.165, 1.54) is 0 Å². The van der Waals surface area contributed by atoms with Crippen molar-refractivity contribution in [2.45, 2.75) is 110 Å². The van der Waals surface area contributed by atoms with Crippen LogP contribution in [0.25, 0.3) is 0 Å². The van der Waals surface area contributed by atoms with Gasteiger partial charge in [0.05, 0.1) is 12.0 Å². The summed E-state index contributed by atoms with van der Waals surface area (Å²) in [4.78, 5) is 50.7. The molecule has 34 heavy (non-hydrogen) atoms. The van der Waals surface area contributed by atoms with Crippen molar-refractivity contribution >= 4 is 23.9 Å². The van der Waals surface area contributed by atoms with Gasteiger partial charge in [-0.15, -0.1) is 0 Å². The van der Waals surface area contributed by atoms with Gasteiger partial charge in [0.25, 0.3) is 0 Å². The fraction of sp³-hybridized carbons (Fsp3) is 0.846. The summed E-state index contributed by atoms with van der Waals surface area (Å²) in [6.45, 7) is 7.67. The zero-order chi connectivity index (χ0) is 24.7. The maximum Gasteiger partial charge on any atom is 0.324 e. The maximum atomic E-state index is 13.0. The van der Waals surface area contributed by atoms with Crippen molar-refractivity contribution in [2.24, 2.45) is 22.7 Å². The predicted molar refractivity (Wildman–Crippen MR) is 120 cm³/mol. The van der Waals surface area contributed by atoms with Crippen LogP contribution in [-0.2, 0) is 38.1 Å². The van der Waals surface area contributed by atoms with Crippen LogP contribution in [0, 0.1) is 22.7 Å². The van der Waals surface area contributed by atoms with Crippen molar-refractivity contribution in [1.82, 2.24) is 0 Å². The Morgan fingerprint density at radius 2 is 1.85 bits per heavy atom. The second-order valence-corrected chi connectivity index (χ2v) is 11.2. The molecule has 0 aromatic heterocycles. The van der Waals surface area contributed by atoms with Gasteiger partial charge in [-0.3, -0.25) is 19.2 Å². The van der Waals surface area contributed by atoms with Crippen LogP contribution in [0.3, 0.4) is 0 Å². The molecular formula is C26H38O8. The van der Waals surface area contributed by atoms with Gasteiger partial charge >= 0.3 is 23.9 Å². The molecule has 1 heterocycles. The lowest BCUT2D eigenvalue weighted by atomic mass is 9.73. The van der Waals surface area contributed by atoms with Gasteiger partial charge in [0, 0.05) is 18.3 Å². The Morgan fingerprint density at radius 3 is 2.50 bits per heavy atom. The molecule has 0 aromatic carbocycles. The van der Waals surface area contributed by atoms with Crippen LogP contribution in [0.15, 0.2) is 0 Å². The van der Waals surface area contributed by atoms with E-state index in [-0.39, 0.29) is 48.8 Å².